The molecule has 0 atom stereocenters. The molecule has 0 saturated heterocycles. The fraction of sp³-hybridized carbons (Fsp3) is 0.192. The van der Waals surface area contributed by atoms with E-state index < -0.39 is 0 Å². The summed E-state index contributed by atoms with van der Waals surface area (Å²) in [5.41, 5.74) is 3.96. The summed E-state index contributed by atoms with van der Waals surface area (Å²) >= 11 is 5.98. The Hall–Kier alpha value is -3.86. The van der Waals surface area contributed by atoms with Crippen LogP contribution in [-0.4, -0.2) is 32.1 Å². The molecule has 0 heterocycles. The van der Waals surface area contributed by atoms with E-state index in [2.05, 4.69) is 22.0 Å². The fourth-order valence-corrected chi connectivity index (χ4v) is 3.45. The van der Waals surface area contributed by atoms with Crippen LogP contribution in [0.2, 0.25) is 5.02 Å². The molecule has 3 N–H and O–H groups in total. The van der Waals surface area contributed by atoms with E-state index in [4.69, 9.17) is 16.3 Å². The number of methoxy groups -OCH3 is 1. The van der Waals surface area contributed by atoms with Crippen LogP contribution >= 0.6 is 11.6 Å². The lowest BCUT2D eigenvalue weighted by Crippen LogP contribution is -2.27. The van der Waals surface area contributed by atoms with Crippen LogP contribution in [0.1, 0.15) is 37.4 Å². The number of carbonyl (C=O) groups is 2. The van der Waals surface area contributed by atoms with Gasteiger partial charge in [-0.25, -0.2) is 0 Å². The lowest BCUT2D eigenvalue weighted by atomic mass is 10.1. The number of carbonyl (C=O) groups excluding carboxylic acids is 2. The van der Waals surface area contributed by atoms with Gasteiger partial charge in [0, 0.05) is 48.6 Å². The van der Waals surface area contributed by atoms with E-state index in [0.717, 1.165) is 16.8 Å². The summed E-state index contributed by atoms with van der Waals surface area (Å²) in [7, 11) is 1.58. The molecule has 3 rings (SSSR count). The first-order valence-corrected chi connectivity index (χ1v) is 11.0. The summed E-state index contributed by atoms with van der Waals surface area (Å²) in [6.45, 7) is 1.58. The molecule has 3 aromatic rings. The van der Waals surface area contributed by atoms with Gasteiger partial charge in [-0.05, 0) is 53.6 Å². The molecule has 8 heteroatoms. The van der Waals surface area contributed by atoms with Gasteiger partial charge >= 0.3 is 0 Å². The molecule has 174 valence electrons. The van der Waals surface area contributed by atoms with Crippen LogP contribution in [0.25, 0.3) is 0 Å². The highest BCUT2D eigenvalue weighted by atomic mass is 35.5. The maximum Gasteiger partial charge on any atom is 0.251 e. The van der Waals surface area contributed by atoms with Crippen molar-refractivity contribution in [1.29, 1.82) is 5.26 Å². The summed E-state index contributed by atoms with van der Waals surface area (Å²) in [5, 5.41) is 18.8. The molecule has 0 radical (unpaired) electrons. The third-order valence-electron chi connectivity index (χ3n) is 5.03. The Morgan fingerprint density at radius 2 is 1.68 bits per heavy atom. The maximum absolute atomic E-state index is 12.5. The van der Waals surface area contributed by atoms with Crippen LogP contribution in [0.5, 0.6) is 0 Å². The summed E-state index contributed by atoms with van der Waals surface area (Å²) in [6, 6.07) is 21.4. The third-order valence-corrected chi connectivity index (χ3v) is 5.26. The molecule has 0 aliphatic heterocycles. The van der Waals surface area contributed by atoms with E-state index in [-0.39, 0.29) is 18.4 Å². The number of nitriles is 1. The number of benzene rings is 3. The molecule has 34 heavy (non-hydrogen) atoms. The van der Waals surface area contributed by atoms with Crippen molar-refractivity contribution in [3.63, 3.8) is 0 Å². The fourth-order valence-electron chi connectivity index (χ4n) is 3.26. The van der Waals surface area contributed by atoms with E-state index in [9.17, 15) is 14.9 Å². The second kappa shape index (κ2) is 12.4. The van der Waals surface area contributed by atoms with Crippen molar-refractivity contribution in [1.82, 2.24) is 10.6 Å². The predicted octanol–water partition coefficient (Wildman–Crippen LogP) is 4.13. The van der Waals surface area contributed by atoms with Gasteiger partial charge in [0.2, 0.25) is 0 Å². The Morgan fingerprint density at radius 3 is 2.41 bits per heavy atom. The number of ether oxygens (including phenoxy) is 1. The van der Waals surface area contributed by atoms with Gasteiger partial charge in [-0.15, -0.1) is 0 Å². The number of halogens is 1. The van der Waals surface area contributed by atoms with Crippen molar-refractivity contribution < 1.29 is 14.3 Å². The number of anilines is 1. The van der Waals surface area contributed by atoms with Crippen molar-refractivity contribution in [3.05, 3.63) is 99.6 Å². The molecule has 0 aliphatic carbocycles. The normalized spacial score (nSPS) is 10.3. The highest BCUT2D eigenvalue weighted by Gasteiger charge is 2.10. The van der Waals surface area contributed by atoms with Crippen LogP contribution in [0.4, 0.5) is 5.69 Å². The zero-order chi connectivity index (χ0) is 24.3. The highest BCUT2D eigenvalue weighted by molar-refractivity contribution is 6.30. The van der Waals surface area contributed by atoms with Crippen molar-refractivity contribution in [2.24, 2.45) is 0 Å². The van der Waals surface area contributed by atoms with E-state index in [1.165, 1.54) is 0 Å². The number of rotatable bonds is 10. The Balaban J connectivity index is 1.68. The summed E-state index contributed by atoms with van der Waals surface area (Å²) in [6.07, 6.45) is 0. The zero-order valence-electron chi connectivity index (χ0n) is 18.7. The SMILES string of the molecule is COCCNC(=O)c1cccc(CNc2cc(C#N)ccc2CNC(=O)c2cccc(Cl)c2)c1. The largest absolute Gasteiger partial charge is 0.383 e. The first-order chi connectivity index (χ1) is 16.5. The molecule has 3 aromatic carbocycles. The van der Waals surface area contributed by atoms with Gasteiger partial charge in [0.25, 0.3) is 11.8 Å². The molecular weight excluding hydrogens is 452 g/mol. The first kappa shape index (κ1) is 24.8. The quantitative estimate of drug-likeness (QED) is 0.382. The van der Waals surface area contributed by atoms with E-state index in [0.29, 0.717) is 41.4 Å². The molecule has 0 spiro atoms. The topological polar surface area (TPSA) is 103 Å². The molecule has 7 nitrogen and oxygen atoms in total. The summed E-state index contributed by atoms with van der Waals surface area (Å²) in [5.74, 6) is -0.417. The minimum Gasteiger partial charge on any atom is -0.383 e. The van der Waals surface area contributed by atoms with Crippen molar-refractivity contribution in [2.75, 3.05) is 25.6 Å². The number of nitrogens with one attached hydrogen (secondary N) is 3. The van der Waals surface area contributed by atoms with E-state index in [1.807, 2.05) is 18.2 Å². The molecule has 0 unspecified atom stereocenters. The van der Waals surface area contributed by atoms with Crippen LogP contribution in [0, 0.1) is 11.3 Å². The smallest absolute Gasteiger partial charge is 0.251 e. The number of hydrogen-bond donors (Lipinski definition) is 3. The molecule has 0 aromatic heterocycles. The number of amides is 2. The van der Waals surface area contributed by atoms with Crippen LogP contribution in [0.3, 0.4) is 0 Å². The van der Waals surface area contributed by atoms with Crippen molar-refractivity contribution >= 4 is 29.1 Å². The Kier molecular flexibility index (Phi) is 9.04. The number of hydrogen-bond acceptors (Lipinski definition) is 5. The van der Waals surface area contributed by atoms with Crippen LogP contribution < -0.4 is 16.0 Å². The van der Waals surface area contributed by atoms with Gasteiger partial charge in [-0.1, -0.05) is 35.9 Å². The van der Waals surface area contributed by atoms with Gasteiger partial charge in [0.1, 0.15) is 0 Å². The summed E-state index contributed by atoms with van der Waals surface area (Å²) in [4.78, 5) is 24.8. The average molecular weight is 477 g/mol. The molecule has 0 aliphatic rings. The Bertz CT molecular complexity index is 1210. The first-order valence-electron chi connectivity index (χ1n) is 10.7. The molecule has 0 fully saturated rings. The van der Waals surface area contributed by atoms with Crippen LogP contribution in [0.15, 0.2) is 66.7 Å². The zero-order valence-corrected chi connectivity index (χ0v) is 19.5. The maximum atomic E-state index is 12.5. The monoisotopic (exact) mass is 476 g/mol. The van der Waals surface area contributed by atoms with Gasteiger partial charge in [-0.3, -0.25) is 9.59 Å². The summed E-state index contributed by atoms with van der Waals surface area (Å²) < 4.78 is 4.95. The van der Waals surface area contributed by atoms with Gasteiger partial charge < -0.3 is 20.7 Å². The molecule has 2 amide bonds. The van der Waals surface area contributed by atoms with Crippen LogP contribution in [-0.2, 0) is 17.8 Å². The third kappa shape index (κ3) is 7.07. The van der Waals surface area contributed by atoms with E-state index in [1.54, 1.807) is 55.6 Å². The molecular formula is C26H25ClN4O3. The van der Waals surface area contributed by atoms with E-state index >= 15 is 0 Å². The van der Waals surface area contributed by atoms with Crippen molar-refractivity contribution in [2.45, 2.75) is 13.1 Å². The standard InChI is InChI=1S/C26H25ClN4O3/c1-34-11-10-29-25(32)20-5-2-4-19(12-20)16-30-24-13-18(15-28)8-9-22(24)17-31-26(33)21-6-3-7-23(27)14-21/h2-9,12-14,30H,10-11,16-17H2,1H3,(H,29,32)(H,31,33). The number of nitrogens with zero attached hydrogens (tertiary/aromatic N) is 1. The molecule has 0 bridgehead atoms. The Labute approximate surface area is 203 Å². The molecule has 0 saturated carbocycles. The Morgan fingerprint density at radius 1 is 0.941 bits per heavy atom. The second-order valence-corrected chi connectivity index (χ2v) is 7.92. The van der Waals surface area contributed by atoms with Gasteiger partial charge in [0.05, 0.1) is 18.2 Å². The predicted molar refractivity (Wildman–Crippen MR) is 132 cm³/mol. The minimum absolute atomic E-state index is 0.171. The van der Waals surface area contributed by atoms with Gasteiger partial charge in [0.15, 0.2) is 0 Å². The average Bonchev–Trinajstić information content (AvgIpc) is 2.86. The highest BCUT2D eigenvalue weighted by Crippen LogP contribution is 2.20. The minimum atomic E-state index is -0.245. The van der Waals surface area contributed by atoms with Crippen molar-refractivity contribution in [3.8, 4) is 6.07 Å². The second-order valence-electron chi connectivity index (χ2n) is 7.48. The van der Waals surface area contributed by atoms with Gasteiger partial charge in [-0.2, -0.15) is 5.26 Å². The lowest BCUT2D eigenvalue weighted by molar-refractivity contribution is 0.0933. The lowest BCUT2D eigenvalue weighted by Gasteiger charge is -2.14.